The van der Waals surface area contributed by atoms with Gasteiger partial charge in [-0.1, -0.05) is 208 Å². The molecule has 0 radical (unpaired) electrons. The Morgan fingerprint density at radius 2 is 0.904 bits per heavy atom. The van der Waals surface area contributed by atoms with E-state index in [1.54, 1.807) is 0 Å². The van der Waals surface area contributed by atoms with Crippen LogP contribution in [0, 0.1) is 0 Å². The Kier molecular flexibility index (Phi) is 8.92. The molecule has 0 unspecified atom stereocenters. The van der Waals surface area contributed by atoms with Crippen LogP contribution in [0.5, 0.6) is 0 Å². The van der Waals surface area contributed by atoms with Crippen molar-refractivity contribution in [2.75, 3.05) is 4.90 Å². The molecule has 0 spiro atoms. The van der Waals surface area contributed by atoms with Crippen LogP contribution in [0.4, 0.5) is 17.1 Å². The monoisotopic (exact) mass is 933 g/mol. The number of fused-ring (bicyclic) bond motifs is 12. The summed E-state index contributed by atoms with van der Waals surface area (Å²) in [4.78, 5) is 2.45. The molecule has 0 atom stereocenters. The lowest BCUT2D eigenvalue weighted by molar-refractivity contribution is 0.660. The summed E-state index contributed by atoms with van der Waals surface area (Å²) < 4.78 is 14.0. The van der Waals surface area contributed by atoms with E-state index in [9.17, 15) is 0 Å². The van der Waals surface area contributed by atoms with Crippen molar-refractivity contribution < 1.29 is 8.83 Å². The third-order valence-corrected chi connectivity index (χ3v) is 16.1. The largest absolute Gasteiger partial charge is 0.456 e. The summed E-state index contributed by atoms with van der Waals surface area (Å²) in [6.07, 6.45) is 0. The highest BCUT2D eigenvalue weighted by molar-refractivity contribution is 6.24. The lowest BCUT2D eigenvalue weighted by Crippen LogP contribution is -2.28. The maximum absolute atomic E-state index is 7.20. The van der Waals surface area contributed by atoms with E-state index in [4.69, 9.17) is 8.83 Å². The average Bonchev–Trinajstić information content (AvgIpc) is 4.16. The molecule has 0 saturated heterocycles. The second kappa shape index (κ2) is 15.7. The van der Waals surface area contributed by atoms with Gasteiger partial charge in [0.1, 0.15) is 22.3 Å². The number of benzene rings is 11. The van der Waals surface area contributed by atoms with Gasteiger partial charge in [-0.25, -0.2) is 0 Å². The lowest BCUT2D eigenvalue weighted by atomic mass is 9.67. The average molecular weight is 934 g/mol. The summed E-state index contributed by atoms with van der Waals surface area (Å²) in [7, 11) is 0. The van der Waals surface area contributed by atoms with Gasteiger partial charge in [-0.15, -0.1) is 0 Å². The number of nitrogens with zero attached hydrogens (tertiary/aromatic N) is 1. The van der Waals surface area contributed by atoms with Gasteiger partial charge in [0.15, 0.2) is 0 Å². The Balaban J connectivity index is 0.992. The molecule has 2 aliphatic carbocycles. The molecule has 0 saturated carbocycles. The summed E-state index contributed by atoms with van der Waals surface area (Å²) >= 11 is 0. The molecular weight excluding hydrogens is 887 g/mol. The molecule has 11 aromatic carbocycles. The fraction of sp³-hybridized carbons (Fsp3) is 0.0571. The Hall–Kier alpha value is -9.18. The molecule has 344 valence electrons. The third-order valence-electron chi connectivity index (χ3n) is 16.1. The van der Waals surface area contributed by atoms with Gasteiger partial charge in [-0.05, 0) is 121 Å². The van der Waals surface area contributed by atoms with Crippen LogP contribution in [0.2, 0.25) is 0 Å². The zero-order chi connectivity index (χ0) is 48.4. The first-order valence-corrected chi connectivity index (χ1v) is 25.3. The Morgan fingerprint density at radius 3 is 1.67 bits per heavy atom. The van der Waals surface area contributed by atoms with E-state index in [2.05, 4.69) is 267 Å². The van der Waals surface area contributed by atoms with Crippen molar-refractivity contribution in [3.63, 3.8) is 0 Å². The Morgan fingerprint density at radius 1 is 0.342 bits per heavy atom. The molecule has 3 nitrogen and oxygen atoms in total. The van der Waals surface area contributed by atoms with E-state index in [0.29, 0.717) is 0 Å². The van der Waals surface area contributed by atoms with Gasteiger partial charge in [0.25, 0.3) is 0 Å². The van der Waals surface area contributed by atoms with E-state index >= 15 is 0 Å². The summed E-state index contributed by atoms with van der Waals surface area (Å²) in [5, 5.41) is 4.16. The van der Waals surface area contributed by atoms with E-state index in [0.717, 1.165) is 83.2 Å². The van der Waals surface area contributed by atoms with Crippen molar-refractivity contribution in [2.24, 2.45) is 0 Å². The van der Waals surface area contributed by atoms with Gasteiger partial charge in [0, 0.05) is 49.5 Å². The van der Waals surface area contributed by atoms with Crippen LogP contribution in [-0.4, -0.2) is 0 Å². The smallest absolute Gasteiger partial charge is 0.144 e. The maximum atomic E-state index is 7.20. The maximum Gasteiger partial charge on any atom is 0.144 e. The van der Waals surface area contributed by atoms with Gasteiger partial charge in [0.2, 0.25) is 0 Å². The predicted molar refractivity (Wildman–Crippen MR) is 301 cm³/mol. The second-order valence-corrected chi connectivity index (χ2v) is 20.3. The van der Waals surface area contributed by atoms with Gasteiger partial charge < -0.3 is 13.7 Å². The first-order valence-electron chi connectivity index (χ1n) is 25.3. The molecule has 73 heavy (non-hydrogen) atoms. The minimum atomic E-state index is -0.566. The molecule has 0 N–H and O–H groups in total. The van der Waals surface area contributed by atoms with Crippen molar-refractivity contribution in [1.82, 2.24) is 0 Å². The highest BCUT2D eigenvalue weighted by Gasteiger charge is 2.46. The molecule has 0 fully saturated rings. The topological polar surface area (TPSA) is 29.5 Å². The van der Waals surface area contributed by atoms with Crippen molar-refractivity contribution in [1.29, 1.82) is 0 Å². The zero-order valence-electron chi connectivity index (χ0n) is 40.4. The molecule has 2 aliphatic rings. The van der Waals surface area contributed by atoms with Gasteiger partial charge in [0.05, 0.1) is 11.1 Å². The zero-order valence-corrected chi connectivity index (χ0v) is 40.4. The molecule has 0 bridgehead atoms. The minimum absolute atomic E-state index is 0.169. The van der Waals surface area contributed by atoms with Crippen LogP contribution in [-0.2, 0) is 10.8 Å². The molecule has 2 heterocycles. The Labute approximate surface area is 423 Å². The normalized spacial score (nSPS) is 13.8. The number of hydrogen-bond donors (Lipinski definition) is 0. The summed E-state index contributed by atoms with van der Waals surface area (Å²) in [5.74, 6) is 0. The van der Waals surface area contributed by atoms with Crippen LogP contribution >= 0.6 is 0 Å². The highest BCUT2D eigenvalue weighted by Crippen LogP contribution is 2.58. The van der Waals surface area contributed by atoms with E-state index in [-0.39, 0.29) is 5.41 Å². The number of rotatable bonds is 7. The van der Waals surface area contributed by atoms with Crippen molar-refractivity contribution >= 4 is 60.9 Å². The van der Waals surface area contributed by atoms with Crippen LogP contribution < -0.4 is 4.90 Å². The standard InChI is InChI=1S/C70H47NO2/c1-69(2)58-30-16-12-27-51(58)53-37-34-45(40-60(53)69)66-67-55-29-15-19-33-63(55)72-65(67)43-57-56-41-48(36-39-64(56)73-68(57)66)71(62-32-18-14-26-50(62)44-20-6-3-7-21-44)49-35-38-54-52-28-13-17-31-59(52)70(61(54)42-49,46-22-8-4-9-23-46)47-24-10-5-11-25-47/h3-43H,1-2H3. The second-order valence-electron chi connectivity index (χ2n) is 20.3. The van der Waals surface area contributed by atoms with E-state index < -0.39 is 5.41 Å². The summed E-state index contributed by atoms with van der Waals surface area (Å²) in [6.45, 7) is 4.69. The molecule has 0 amide bonds. The van der Waals surface area contributed by atoms with Crippen LogP contribution in [0.3, 0.4) is 0 Å². The quantitative estimate of drug-likeness (QED) is 0.159. The molecule has 3 heteroatoms. The van der Waals surface area contributed by atoms with Crippen LogP contribution in [0.1, 0.15) is 47.2 Å². The summed E-state index contributed by atoms with van der Waals surface area (Å²) in [6, 6.07) is 90.9. The number of anilines is 3. The minimum Gasteiger partial charge on any atom is -0.456 e. The van der Waals surface area contributed by atoms with E-state index in [1.165, 1.54) is 55.6 Å². The highest BCUT2D eigenvalue weighted by atomic mass is 16.3. The van der Waals surface area contributed by atoms with Gasteiger partial charge in [-0.2, -0.15) is 0 Å². The number of para-hydroxylation sites is 2. The molecule has 15 rings (SSSR count). The Bertz CT molecular complexity index is 4310. The SMILES string of the molecule is CC1(C)c2ccccc2-c2ccc(-c3c4oc5ccc(N(c6ccc7c(c6)C(c6ccccc6)(c6ccccc6)c6ccccc6-7)c6ccccc6-c6ccccc6)cc5c4cc4oc5ccccc5c34)cc21. The van der Waals surface area contributed by atoms with Crippen molar-refractivity contribution in [3.05, 3.63) is 282 Å². The first-order chi connectivity index (χ1) is 36.0. The molecule has 13 aromatic rings. The lowest BCUT2D eigenvalue weighted by Gasteiger charge is -2.35. The van der Waals surface area contributed by atoms with E-state index in [1.807, 2.05) is 0 Å². The molecule has 2 aromatic heterocycles. The number of hydrogen-bond acceptors (Lipinski definition) is 3. The number of furan rings is 2. The molecular formula is C70H47NO2. The fourth-order valence-electron chi connectivity index (χ4n) is 12.9. The third kappa shape index (κ3) is 5.94. The summed E-state index contributed by atoms with van der Waals surface area (Å²) in [5.41, 5.74) is 23.0. The van der Waals surface area contributed by atoms with Crippen LogP contribution in [0.15, 0.2) is 258 Å². The fourth-order valence-corrected chi connectivity index (χ4v) is 12.9. The van der Waals surface area contributed by atoms with Crippen LogP contribution in [0.25, 0.3) is 88.4 Å². The van der Waals surface area contributed by atoms with Gasteiger partial charge in [-0.3, -0.25) is 0 Å². The molecule has 0 aliphatic heterocycles. The van der Waals surface area contributed by atoms with Crippen molar-refractivity contribution in [3.8, 4) is 44.5 Å². The predicted octanol–water partition coefficient (Wildman–Crippen LogP) is 19.0. The van der Waals surface area contributed by atoms with Gasteiger partial charge >= 0.3 is 0 Å². The van der Waals surface area contributed by atoms with Crippen molar-refractivity contribution in [2.45, 2.75) is 24.7 Å². The first kappa shape index (κ1) is 41.6.